The molecular formula is C13H14N2O. The van der Waals surface area contributed by atoms with Crippen molar-refractivity contribution >= 4 is 0 Å². The lowest BCUT2D eigenvalue weighted by atomic mass is 10.1. The molecule has 82 valence electrons. The second-order valence-electron chi connectivity index (χ2n) is 4.10. The van der Waals surface area contributed by atoms with E-state index in [4.69, 9.17) is 0 Å². The molecule has 0 amide bonds. The normalized spacial score (nSPS) is 10.4. The molecule has 0 aliphatic carbocycles. The second-order valence-corrected chi connectivity index (χ2v) is 4.10. The summed E-state index contributed by atoms with van der Waals surface area (Å²) >= 11 is 0. The molecule has 0 saturated carbocycles. The van der Waals surface area contributed by atoms with Crippen LogP contribution in [0.4, 0.5) is 0 Å². The summed E-state index contributed by atoms with van der Waals surface area (Å²) in [6, 6.07) is 7.74. The van der Waals surface area contributed by atoms with Crippen LogP contribution in [-0.4, -0.2) is 9.55 Å². The first-order valence-electron chi connectivity index (χ1n) is 5.17. The van der Waals surface area contributed by atoms with Gasteiger partial charge in [0.2, 0.25) is 0 Å². The molecule has 0 atom stereocenters. The maximum Gasteiger partial charge on any atom is 0.253 e. The van der Waals surface area contributed by atoms with Crippen molar-refractivity contribution in [2.24, 2.45) is 7.05 Å². The zero-order chi connectivity index (χ0) is 11.7. The number of hydrogen-bond acceptors (Lipinski definition) is 2. The molecule has 1 aromatic carbocycles. The molecule has 0 N–H and O–H groups in total. The van der Waals surface area contributed by atoms with Crippen LogP contribution in [0.5, 0.6) is 0 Å². The summed E-state index contributed by atoms with van der Waals surface area (Å²) in [6.45, 7) is 4.08. The molecule has 0 unspecified atom stereocenters. The summed E-state index contributed by atoms with van der Waals surface area (Å²) < 4.78 is 1.46. The molecule has 0 fully saturated rings. The van der Waals surface area contributed by atoms with Crippen LogP contribution >= 0.6 is 0 Å². The molecule has 1 aromatic heterocycles. The van der Waals surface area contributed by atoms with E-state index in [0.29, 0.717) is 0 Å². The van der Waals surface area contributed by atoms with Crippen molar-refractivity contribution in [3.05, 3.63) is 52.1 Å². The van der Waals surface area contributed by atoms with E-state index in [9.17, 15) is 4.79 Å². The number of nitrogens with zero attached hydrogens (tertiary/aromatic N) is 2. The standard InChI is InChI=1S/C13H14N2O/c1-9-4-10(2)6-11(5-9)12-7-13(16)15(3)8-14-12/h4-8H,1-3H3. The van der Waals surface area contributed by atoms with Gasteiger partial charge in [-0.3, -0.25) is 4.79 Å². The smallest absolute Gasteiger partial charge is 0.253 e. The number of aromatic nitrogens is 2. The predicted molar refractivity (Wildman–Crippen MR) is 64.4 cm³/mol. The van der Waals surface area contributed by atoms with Gasteiger partial charge in [-0.2, -0.15) is 0 Å². The highest BCUT2D eigenvalue weighted by molar-refractivity contribution is 5.60. The Hall–Kier alpha value is -1.90. The summed E-state index contributed by atoms with van der Waals surface area (Å²) in [6.07, 6.45) is 1.55. The van der Waals surface area contributed by atoms with Gasteiger partial charge < -0.3 is 4.57 Å². The summed E-state index contributed by atoms with van der Waals surface area (Å²) in [5, 5.41) is 0. The minimum atomic E-state index is -0.0378. The van der Waals surface area contributed by atoms with Crippen LogP contribution in [0, 0.1) is 13.8 Å². The van der Waals surface area contributed by atoms with Crippen LogP contribution < -0.4 is 5.56 Å². The van der Waals surface area contributed by atoms with Crippen LogP contribution in [-0.2, 0) is 7.05 Å². The van der Waals surface area contributed by atoms with E-state index in [-0.39, 0.29) is 5.56 Å². The first-order valence-corrected chi connectivity index (χ1v) is 5.17. The summed E-state index contributed by atoms with van der Waals surface area (Å²) in [7, 11) is 1.70. The number of hydrogen-bond donors (Lipinski definition) is 0. The maximum absolute atomic E-state index is 11.5. The number of rotatable bonds is 1. The maximum atomic E-state index is 11.5. The highest BCUT2D eigenvalue weighted by atomic mass is 16.1. The Morgan fingerprint density at radius 1 is 1.06 bits per heavy atom. The molecule has 2 rings (SSSR count). The molecule has 3 nitrogen and oxygen atoms in total. The topological polar surface area (TPSA) is 34.9 Å². The van der Waals surface area contributed by atoms with Crippen molar-refractivity contribution in [2.45, 2.75) is 13.8 Å². The van der Waals surface area contributed by atoms with E-state index in [1.165, 1.54) is 15.7 Å². The molecule has 1 heterocycles. The number of benzene rings is 1. The molecule has 0 aliphatic heterocycles. The molecule has 2 aromatic rings. The second kappa shape index (κ2) is 3.93. The molecular weight excluding hydrogens is 200 g/mol. The molecule has 16 heavy (non-hydrogen) atoms. The van der Waals surface area contributed by atoms with Gasteiger partial charge in [0.05, 0.1) is 12.0 Å². The Morgan fingerprint density at radius 2 is 1.69 bits per heavy atom. The first kappa shape index (κ1) is 10.6. The lowest BCUT2D eigenvalue weighted by Gasteiger charge is -2.04. The Morgan fingerprint density at radius 3 is 2.25 bits per heavy atom. The fraction of sp³-hybridized carbons (Fsp3) is 0.231. The average molecular weight is 214 g/mol. The monoisotopic (exact) mass is 214 g/mol. The number of aryl methyl sites for hydroxylation is 3. The van der Waals surface area contributed by atoms with Gasteiger partial charge in [0, 0.05) is 18.7 Å². The lowest BCUT2D eigenvalue weighted by molar-refractivity contribution is 0.826. The van der Waals surface area contributed by atoms with Crippen LogP contribution in [0.1, 0.15) is 11.1 Å². The highest BCUT2D eigenvalue weighted by Crippen LogP contribution is 2.18. The molecule has 0 saturated heterocycles. The minimum absolute atomic E-state index is 0.0378. The van der Waals surface area contributed by atoms with E-state index in [0.717, 1.165) is 11.3 Å². The van der Waals surface area contributed by atoms with Crippen LogP contribution in [0.2, 0.25) is 0 Å². The Kier molecular flexibility index (Phi) is 2.60. The third-order valence-corrected chi connectivity index (χ3v) is 2.50. The van der Waals surface area contributed by atoms with Crippen molar-refractivity contribution in [1.82, 2.24) is 9.55 Å². The van der Waals surface area contributed by atoms with Gasteiger partial charge in [0.1, 0.15) is 0 Å². The van der Waals surface area contributed by atoms with Crippen LogP contribution in [0.25, 0.3) is 11.3 Å². The average Bonchev–Trinajstić information content (AvgIpc) is 2.20. The first-order chi connectivity index (χ1) is 7.56. The van der Waals surface area contributed by atoms with E-state index in [1.54, 1.807) is 19.4 Å². The van der Waals surface area contributed by atoms with Gasteiger partial charge in [-0.25, -0.2) is 4.98 Å². The molecule has 0 bridgehead atoms. The molecule has 0 spiro atoms. The van der Waals surface area contributed by atoms with Crippen molar-refractivity contribution in [1.29, 1.82) is 0 Å². The van der Waals surface area contributed by atoms with Gasteiger partial charge in [-0.1, -0.05) is 17.2 Å². The van der Waals surface area contributed by atoms with Crippen LogP contribution in [0.3, 0.4) is 0 Å². The van der Waals surface area contributed by atoms with E-state index >= 15 is 0 Å². The SMILES string of the molecule is Cc1cc(C)cc(-c2cc(=O)n(C)cn2)c1. The summed E-state index contributed by atoms with van der Waals surface area (Å²) in [5.74, 6) is 0. The lowest BCUT2D eigenvalue weighted by Crippen LogP contribution is -2.15. The molecule has 0 radical (unpaired) electrons. The Bertz CT molecular complexity index is 564. The van der Waals surface area contributed by atoms with Gasteiger partial charge >= 0.3 is 0 Å². The highest BCUT2D eigenvalue weighted by Gasteiger charge is 2.02. The van der Waals surface area contributed by atoms with Crippen molar-refractivity contribution < 1.29 is 0 Å². The zero-order valence-electron chi connectivity index (χ0n) is 9.69. The van der Waals surface area contributed by atoms with Gasteiger partial charge in [0.15, 0.2) is 0 Å². The van der Waals surface area contributed by atoms with Crippen molar-refractivity contribution in [3.63, 3.8) is 0 Å². The predicted octanol–water partition coefficient (Wildman–Crippen LogP) is 2.06. The van der Waals surface area contributed by atoms with Crippen molar-refractivity contribution in [3.8, 4) is 11.3 Å². The minimum Gasteiger partial charge on any atom is -0.302 e. The largest absolute Gasteiger partial charge is 0.302 e. The summed E-state index contributed by atoms with van der Waals surface area (Å²) in [5.41, 5.74) is 4.05. The Balaban J connectivity index is 2.58. The van der Waals surface area contributed by atoms with Crippen molar-refractivity contribution in [2.75, 3.05) is 0 Å². The molecule has 0 aliphatic rings. The fourth-order valence-electron chi connectivity index (χ4n) is 1.74. The third kappa shape index (κ3) is 2.03. The van der Waals surface area contributed by atoms with Gasteiger partial charge in [0.25, 0.3) is 5.56 Å². The van der Waals surface area contributed by atoms with Crippen LogP contribution in [0.15, 0.2) is 35.4 Å². The van der Waals surface area contributed by atoms with Gasteiger partial charge in [-0.15, -0.1) is 0 Å². The van der Waals surface area contributed by atoms with E-state index in [1.807, 2.05) is 26.0 Å². The molecule has 3 heteroatoms. The van der Waals surface area contributed by atoms with E-state index in [2.05, 4.69) is 11.1 Å². The third-order valence-electron chi connectivity index (χ3n) is 2.50. The Labute approximate surface area is 94.4 Å². The zero-order valence-corrected chi connectivity index (χ0v) is 9.69. The van der Waals surface area contributed by atoms with Gasteiger partial charge in [-0.05, 0) is 26.0 Å². The van der Waals surface area contributed by atoms with E-state index < -0.39 is 0 Å². The fourth-order valence-corrected chi connectivity index (χ4v) is 1.74. The summed E-state index contributed by atoms with van der Waals surface area (Å²) in [4.78, 5) is 15.8. The quantitative estimate of drug-likeness (QED) is 0.728.